The number of hydrogen-bond donors (Lipinski definition) is 1. The van der Waals surface area contributed by atoms with Crippen molar-refractivity contribution in [3.63, 3.8) is 0 Å². The van der Waals surface area contributed by atoms with Crippen molar-refractivity contribution in [1.29, 1.82) is 0 Å². The predicted octanol–water partition coefficient (Wildman–Crippen LogP) is 3.74. The zero-order valence-electron chi connectivity index (χ0n) is 17.2. The maximum atomic E-state index is 13.5. The fourth-order valence-electron chi connectivity index (χ4n) is 3.02. The van der Waals surface area contributed by atoms with E-state index in [1.807, 2.05) is 19.1 Å². The lowest BCUT2D eigenvalue weighted by atomic mass is 10.3. The number of aryl methyl sites for hydroxylation is 1. The number of nitrogens with zero attached hydrogens (tertiary/aromatic N) is 2. The van der Waals surface area contributed by atoms with Crippen LogP contribution in [0.2, 0.25) is 0 Å². The molecule has 0 fully saturated rings. The summed E-state index contributed by atoms with van der Waals surface area (Å²) in [5.74, 6) is -0.376. The molecule has 0 atom stereocenters. The first-order valence-corrected chi connectivity index (χ1v) is 9.87. The number of fused-ring (bicyclic) bond motifs is 1. The van der Waals surface area contributed by atoms with Gasteiger partial charge in [-0.25, -0.2) is 9.37 Å². The number of pyridine rings is 1. The highest BCUT2D eigenvalue weighted by Gasteiger charge is 2.08. The van der Waals surface area contributed by atoms with E-state index in [4.69, 9.17) is 9.47 Å². The number of anilines is 1. The van der Waals surface area contributed by atoms with Crippen molar-refractivity contribution in [2.75, 3.05) is 11.9 Å². The Morgan fingerprint density at radius 1 is 1.06 bits per heavy atom. The number of aromatic nitrogens is 2. The normalized spacial score (nSPS) is 10.7. The molecule has 0 aliphatic rings. The van der Waals surface area contributed by atoms with Gasteiger partial charge in [0.1, 0.15) is 18.0 Å². The third kappa shape index (κ3) is 5.10. The monoisotopic (exact) mass is 433 g/mol. The van der Waals surface area contributed by atoms with E-state index in [-0.39, 0.29) is 24.5 Å². The first-order chi connectivity index (χ1) is 15.5. The van der Waals surface area contributed by atoms with E-state index in [0.717, 1.165) is 5.56 Å². The van der Waals surface area contributed by atoms with Gasteiger partial charge >= 0.3 is 0 Å². The van der Waals surface area contributed by atoms with Crippen LogP contribution in [-0.4, -0.2) is 21.9 Å². The van der Waals surface area contributed by atoms with Gasteiger partial charge in [-0.3, -0.25) is 14.0 Å². The molecular formula is C24H20FN3O4. The molecule has 0 spiro atoms. The lowest BCUT2D eigenvalue weighted by Crippen LogP contribution is -2.20. The van der Waals surface area contributed by atoms with Crippen LogP contribution in [0.5, 0.6) is 11.5 Å². The Bertz CT molecular complexity index is 1320. The zero-order valence-corrected chi connectivity index (χ0v) is 17.2. The van der Waals surface area contributed by atoms with E-state index in [2.05, 4.69) is 10.3 Å². The second-order valence-corrected chi connectivity index (χ2v) is 7.10. The summed E-state index contributed by atoms with van der Waals surface area (Å²) >= 11 is 0. The van der Waals surface area contributed by atoms with Gasteiger partial charge in [-0.05, 0) is 61.0 Å². The average molecular weight is 433 g/mol. The number of hydrogen-bond acceptors (Lipinski definition) is 5. The SMILES string of the molecule is Cc1ccn2c(=O)cc(COc3ccc(NC(=O)COc4ccccc4F)cc3)nc2c1. The highest BCUT2D eigenvalue weighted by atomic mass is 19.1. The number of amides is 1. The highest BCUT2D eigenvalue weighted by molar-refractivity contribution is 5.91. The van der Waals surface area contributed by atoms with E-state index in [0.29, 0.717) is 22.8 Å². The van der Waals surface area contributed by atoms with Crippen LogP contribution in [-0.2, 0) is 11.4 Å². The molecule has 0 bridgehead atoms. The molecular weight excluding hydrogens is 413 g/mol. The lowest BCUT2D eigenvalue weighted by Gasteiger charge is -2.10. The van der Waals surface area contributed by atoms with E-state index in [9.17, 15) is 14.0 Å². The van der Waals surface area contributed by atoms with Gasteiger partial charge in [0.15, 0.2) is 18.2 Å². The minimum atomic E-state index is -0.527. The van der Waals surface area contributed by atoms with Crippen LogP contribution < -0.4 is 20.3 Å². The lowest BCUT2D eigenvalue weighted by molar-refractivity contribution is -0.118. The Hall–Kier alpha value is -4.20. The second kappa shape index (κ2) is 9.30. The Kier molecular flexibility index (Phi) is 6.12. The van der Waals surface area contributed by atoms with Crippen molar-refractivity contribution in [2.24, 2.45) is 0 Å². The van der Waals surface area contributed by atoms with Crippen molar-refractivity contribution in [1.82, 2.24) is 9.38 Å². The van der Waals surface area contributed by atoms with Crippen molar-refractivity contribution >= 4 is 17.2 Å². The standard InChI is InChI=1S/C24H20FN3O4/c1-16-10-11-28-22(12-16)26-18(13-24(28)30)14-31-19-8-6-17(7-9-19)27-23(29)15-32-21-5-3-2-4-20(21)25/h2-13H,14-15H2,1H3,(H,27,29). The number of ether oxygens (including phenoxy) is 2. The summed E-state index contributed by atoms with van der Waals surface area (Å²) in [7, 11) is 0. The number of rotatable bonds is 7. The molecule has 1 N–H and O–H groups in total. The fourth-order valence-corrected chi connectivity index (χ4v) is 3.02. The summed E-state index contributed by atoms with van der Waals surface area (Å²) in [5.41, 5.74) is 2.45. The highest BCUT2D eigenvalue weighted by Crippen LogP contribution is 2.18. The molecule has 0 saturated heterocycles. The number of halogens is 1. The summed E-state index contributed by atoms with van der Waals surface area (Å²) in [5, 5.41) is 2.67. The largest absolute Gasteiger partial charge is 0.487 e. The van der Waals surface area contributed by atoms with Crippen LogP contribution in [0.1, 0.15) is 11.3 Å². The second-order valence-electron chi connectivity index (χ2n) is 7.10. The van der Waals surface area contributed by atoms with Gasteiger partial charge in [0, 0.05) is 18.0 Å². The third-order valence-corrected chi connectivity index (χ3v) is 4.60. The van der Waals surface area contributed by atoms with Crippen molar-refractivity contribution < 1.29 is 18.7 Å². The minimum Gasteiger partial charge on any atom is -0.487 e. The third-order valence-electron chi connectivity index (χ3n) is 4.60. The molecule has 2 aromatic heterocycles. The van der Waals surface area contributed by atoms with E-state index in [1.165, 1.54) is 22.6 Å². The van der Waals surface area contributed by atoms with Gasteiger partial charge < -0.3 is 14.8 Å². The summed E-state index contributed by atoms with van der Waals surface area (Å²) in [6.45, 7) is 1.74. The van der Waals surface area contributed by atoms with Crippen LogP contribution in [0, 0.1) is 12.7 Å². The summed E-state index contributed by atoms with van der Waals surface area (Å²) in [6, 6.07) is 17.7. The molecule has 7 nitrogen and oxygen atoms in total. The van der Waals surface area contributed by atoms with Crippen LogP contribution in [0.3, 0.4) is 0 Å². The van der Waals surface area contributed by atoms with Crippen LogP contribution in [0.4, 0.5) is 10.1 Å². The first-order valence-electron chi connectivity index (χ1n) is 9.87. The number of benzene rings is 2. The Morgan fingerprint density at radius 2 is 1.84 bits per heavy atom. The molecule has 0 aliphatic heterocycles. The number of nitrogens with one attached hydrogen (secondary N) is 1. The molecule has 2 heterocycles. The van der Waals surface area contributed by atoms with E-state index >= 15 is 0 Å². The molecule has 0 saturated carbocycles. The minimum absolute atomic E-state index is 0.0171. The van der Waals surface area contributed by atoms with Gasteiger partial charge in [-0.15, -0.1) is 0 Å². The summed E-state index contributed by atoms with van der Waals surface area (Å²) in [4.78, 5) is 28.7. The Balaban J connectivity index is 1.33. The molecule has 162 valence electrons. The molecule has 0 unspecified atom stereocenters. The van der Waals surface area contributed by atoms with Gasteiger partial charge in [0.25, 0.3) is 11.5 Å². The van der Waals surface area contributed by atoms with Gasteiger partial charge in [0.05, 0.1) is 5.69 Å². The van der Waals surface area contributed by atoms with Gasteiger partial charge in [-0.1, -0.05) is 12.1 Å². The number of carbonyl (C=O) groups is 1. The number of carbonyl (C=O) groups excluding carboxylic acids is 1. The summed E-state index contributed by atoms with van der Waals surface area (Å²) in [6.07, 6.45) is 1.69. The van der Waals surface area contributed by atoms with Crippen LogP contribution >= 0.6 is 0 Å². The van der Waals surface area contributed by atoms with E-state index in [1.54, 1.807) is 42.6 Å². The summed E-state index contributed by atoms with van der Waals surface area (Å²) < 4.78 is 25.9. The van der Waals surface area contributed by atoms with Crippen molar-refractivity contribution in [3.05, 3.63) is 100 Å². The molecule has 32 heavy (non-hydrogen) atoms. The topological polar surface area (TPSA) is 81.9 Å². The van der Waals surface area contributed by atoms with Crippen molar-refractivity contribution in [3.8, 4) is 11.5 Å². The Morgan fingerprint density at radius 3 is 2.62 bits per heavy atom. The maximum Gasteiger partial charge on any atom is 0.262 e. The quantitative estimate of drug-likeness (QED) is 0.480. The predicted molar refractivity (Wildman–Crippen MR) is 117 cm³/mol. The van der Waals surface area contributed by atoms with Gasteiger partial charge in [0.2, 0.25) is 0 Å². The Labute approximate surface area is 183 Å². The first kappa shape index (κ1) is 21.0. The van der Waals surface area contributed by atoms with Crippen LogP contribution in [0.25, 0.3) is 5.65 Å². The fraction of sp³-hybridized carbons (Fsp3) is 0.125. The molecule has 4 rings (SSSR count). The number of para-hydroxylation sites is 1. The average Bonchev–Trinajstić information content (AvgIpc) is 2.78. The molecule has 0 radical (unpaired) electrons. The maximum absolute atomic E-state index is 13.5. The zero-order chi connectivity index (χ0) is 22.5. The molecule has 1 amide bonds. The smallest absolute Gasteiger partial charge is 0.262 e. The molecule has 2 aromatic carbocycles. The molecule has 4 aromatic rings. The van der Waals surface area contributed by atoms with E-state index < -0.39 is 11.7 Å². The molecule has 8 heteroatoms. The molecule has 0 aliphatic carbocycles. The van der Waals surface area contributed by atoms with Crippen LogP contribution in [0.15, 0.2) is 77.7 Å². The van der Waals surface area contributed by atoms with Gasteiger partial charge in [-0.2, -0.15) is 0 Å². The van der Waals surface area contributed by atoms with Crippen molar-refractivity contribution in [2.45, 2.75) is 13.5 Å².